The molecule has 2 aromatic rings. The van der Waals surface area contributed by atoms with E-state index in [1.54, 1.807) is 19.2 Å². The predicted molar refractivity (Wildman–Crippen MR) is 88.2 cm³/mol. The van der Waals surface area contributed by atoms with Crippen molar-refractivity contribution in [2.24, 2.45) is 5.73 Å². The van der Waals surface area contributed by atoms with E-state index in [-0.39, 0.29) is 5.91 Å². The number of nitrogens with one attached hydrogen (secondary N) is 2. The normalized spacial score (nSPS) is 10.1. The third-order valence-corrected chi connectivity index (χ3v) is 3.23. The van der Waals surface area contributed by atoms with Crippen molar-refractivity contribution in [2.45, 2.75) is 6.54 Å². The summed E-state index contributed by atoms with van der Waals surface area (Å²) >= 11 is 0. The number of carbonyl (C=O) groups is 1. The molecule has 0 bridgehead atoms. The van der Waals surface area contributed by atoms with E-state index in [4.69, 9.17) is 10.5 Å². The highest BCUT2D eigenvalue weighted by atomic mass is 16.5. The molecule has 22 heavy (non-hydrogen) atoms. The highest BCUT2D eigenvalue weighted by Gasteiger charge is 2.04. The lowest BCUT2D eigenvalue weighted by molar-refractivity contribution is 0.0955. The summed E-state index contributed by atoms with van der Waals surface area (Å²) in [5, 5.41) is 6.06. The van der Waals surface area contributed by atoms with Gasteiger partial charge in [-0.05, 0) is 42.0 Å². The van der Waals surface area contributed by atoms with Gasteiger partial charge < -0.3 is 21.1 Å². The van der Waals surface area contributed by atoms with Gasteiger partial charge in [0.2, 0.25) is 0 Å². The Bertz CT molecular complexity index is 594. The van der Waals surface area contributed by atoms with Crippen molar-refractivity contribution in [3.8, 4) is 5.75 Å². The molecular formula is C17H21N3O2. The van der Waals surface area contributed by atoms with Gasteiger partial charge in [-0.1, -0.05) is 12.1 Å². The van der Waals surface area contributed by atoms with Gasteiger partial charge in [0, 0.05) is 30.9 Å². The van der Waals surface area contributed by atoms with Crippen molar-refractivity contribution in [2.75, 3.05) is 25.5 Å². The summed E-state index contributed by atoms with van der Waals surface area (Å²) in [6.45, 7) is 1.63. The Labute approximate surface area is 130 Å². The van der Waals surface area contributed by atoms with Gasteiger partial charge in [-0.3, -0.25) is 4.79 Å². The number of anilines is 1. The van der Waals surface area contributed by atoms with E-state index < -0.39 is 0 Å². The van der Waals surface area contributed by atoms with E-state index in [1.807, 2.05) is 36.4 Å². The second kappa shape index (κ2) is 8.05. The average molecular weight is 299 g/mol. The number of nitrogens with two attached hydrogens (primary N) is 1. The topological polar surface area (TPSA) is 76.4 Å². The van der Waals surface area contributed by atoms with Crippen molar-refractivity contribution in [1.29, 1.82) is 0 Å². The van der Waals surface area contributed by atoms with E-state index >= 15 is 0 Å². The molecule has 0 saturated heterocycles. The fourth-order valence-electron chi connectivity index (χ4n) is 1.97. The van der Waals surface area contributed by atoms with Crippen molar-refractivity contribution < 1.29 is 9.53 Å². The molecule has 0 radical (unpaired) electrons. The highest BCUT2D eigenvalue weighted by Crippen LogP contribution is 2.14. The zero-order valence-electron chi connectivity index (χ0n) is 12.6. The van der Waals surface area contributed by atoms with Gasteiger partial charge in [0.25, 0.3) is 5.91 Å². The number of hydrogen-bond acceptors (Lipinski definition) is 4. The molecule has 0 spiro atoms. The third kappa shape index (κ3) is 4.49. The molecule has 4 N–H and O–H groups in total. The summed E-state index contributed by atoms with van der Waals surface area (Å²) in [5.74, 6) is 0.740. The second-order valence-electron chi connectivity index (χ2n) is 4.82. The van der Waals surface area contributed by atoms with Crippen LogP contribution in [0.2, 0.25) is 0 Å². The van der Waals surface area contributed by atoms with Gasteiger partial charge in [0.1, 0.15) is 5.75 Å². The molecule has 0 saturated carbocycles. The van der Waals surface area contributed by atoms with Crippen LogP contribution in [0.4, 0.5) is 5.69 Å². The van der Waals surface area contributed by atoms with Crippen LogP contribution in [0.1, 0.15) is 15.9 Å². The number of rotatable bonds is 7. The maximum Gasteiger partial charge on any atom is 0.251 e. The molecule has 0 aliphatic rings. The zero-order chi connectivity index (χ0) is 15.8. The Hall–Kier alpha value is -2.53. The molecule has 116 valence electrons. The molecule has 0 atom stereocenters. The molecule has 0 unspecified atom stereocenters. The van der Waals surface area contributed by atoms with Crippen LogP contribution in [0.25, 0.3) is 0 Å². The standard InChI is InChI=1S/C17H21N3O2/c1-22-16-8-2-13(3-9-16)12-20-15-6-4-14(5-7-15)17(21)19-11-10-18/h2-9,20H,10-12,18H2,1H3,(H,19,21). The first-order valence-corrected chi connectivity index (χ1v) is 7.18. The van der Waals surface area contributed by atoms with Gasteiger partial charge in [0.05, 0.1) is 7.11 Å². The molecule has 5 nitrogen and oxygen atoms in total. The Morgan fingerprint density at radius 3 is 2.36 bits per heavy atom. The summed E-state index contributed by atoms with van der Waals surface area (Å²) in [4.78, 5) is 11.8. The Kier molecular flexibility index (Phi) is 5.80. The minimum atomic E-state index is -0.104. The van der Waals surface area contributed by atoms with Crippen LogP contribution in [0, 0.1) is 0 Å². The first-order chi connectivity index (χ1) is 10.7. The Balaban J connectivity index is 1.89. The molecule has 1 amide bonds. The van der Waals surface area contributed by atoms with Crippen molar-refractivity contribution in [3.05, 3.63) is 59.7 Å². The quantitative estimate of drug-likeness (QED) is 0.731. The highest BCUT2D eigenvalue weighted by molar-refractivity contribution is 5.94. The average Bonchev–Trinajstić information content (AvgIpc) is 2.58. The lowest BCUT2D eigenvalue weighted by Gasteiger charge is -2.08. The van der Waals surface area contributed by atoms with Crippen LogP contribution in [0.5, 0.6) is 5.75 Å². The van der Waals surface area contributed by atoms with E-state index in [2.05, 4.69) is 10.6 Å². The van der Waals surface area contributed by atoms with Gasteiger partial charge in [-0.15, -0.1) is 0 Å². The lowest BCUT2D eigenvalue weighted by Crippen LogP contribution is -2.28. The molecule has 0 aromatic heterocycles. The lowest BCUT2D eigenvalue weighted by atomic mass is 10.1. The van der Waals surface area contributed by atoms with Gasteiger partial charge in [-0.2, -0.15) is 0 Å². The first kappa shape index (κ1) is 15.9. The van der Waals surface area contributed by atoms with Gasteiger partial charge >= 0.3 is 0 Å². The van der Waals surface area contributed by atoms with Crippen molar-refractivity contribution >= 4 is 11.6 Å². The Morgan fingerprint density at radius 2 is 1.77 bits per heavy atom. The van der Waals surface area contributed by atoms with E-state index in [9.17, 15) is 4.79 Å². The first-order valence-electron chi connectivity index (χ1n) is 7.18. The molecule has 5 heteroatoms. The summed E-state index contributed by atoms with van der Waals surface area (Å²) < 4.78 is 5.13. The molecule has 2 rings (SSSR count). The molecule has 2 aromatic carbocycles. The van der Waals surface area contributed by atoms with Crippen LogP contribution >= 0.6 is 0 Å². The largest absolute Gasteiger partial charge is 0.497 e. The number of methoxy groups -OCH3 is 1. The molecule has 0 aliphatic carbocycles. The SMILES string of the molecule is COc1ccc(CNc2ccc(C(=O)NCCN)cc2)cc1. The van der Waals surface area contributed by atoms with E-state index in [0.717, 1.165) is 17.0 Å². The van der Waals surface area contributed by atoms with Gasteiger partial charge in [-0.25, -0.2) is 0 Å². The molecular weight excluding hydrogens is 278 g/mol. The minimum Gasteiger partial charge on any atom is -0.497 e. The van der Waals surface area contributed by atoms with Crippen LogP contribution in [0.3, 0.4) is 0 Å². The summed E-state index contributed by atoms with van der Waals surface area (Å²) in [5.41, 5.74) is 8.11. The Morgan fingerprint density at radius 1 is 1.09 bits per heavy atom. The number of amides is 1. The zero-order valence-corrected chi connectivity index (χ0v) is 12.6. The number of hydrogen-bond donors (Lipinski definition) is 3. The summed E-state index contributed by atoms with van der Waals surface area (Å²) in [7, 11) is 1.65. The number of benzene rings is 2. The summed E-state index contributed by atoms with van der Waals surface area (Å²) in [6, 6.07) is 15.3. The number of carbonyl (C=O) groups excluding carboxylic acids is 1. The minimum absolute atomic E-state index is 0.104. The van der Waals surface area contributed by atoms with Crippen LogP contribution in [-0.4, -0.2) is 26.1 Å². The van der Waals surface area contributed by atoms with E-state index in [1.165, 1.54) is 0 Å². The molecule has 0 fully saturated rings. The number of ether oxygens (including phenoxy) is 1. The maximum absolute atomic E-state index is 11.8. The van der Waals surface area contributed by atoms with Crippen LogP contribution in [-0.2, 0) is 6.54 Å². The van der Waals surface area contributed by atoms with Crippen LogP contribution in [0.15, 0.2) is 48.5 Å². The van der Waals surface area contributed by atoms with Crippen molar-refractivity contribution in [1.82, 2.24) is 5.32 Å². The second-order valence-corrected chi connectivity index (χ2v) is 4.82. The van der Waals surface area contributed by atoms with Crippen LogP contribution < -0.4 is 21.1 Å². The maximum atomic E-state index is 11.8. The fourth-order valence-corrected chi connectivity index (χ4v) is 1.97. The summed E-state index contributed by atoms with van der Waals surface area (Å²) in [6.07, 6.45) is 0. The van der Waals surface area contributed by atoms with Gasteiger partial charge in [0.15, 0.2) is 0 Å². The smallest absolute Gasteiger partial charge is 0.251 e. The molecule has 0 aliphatic heterocycles. The van der Waals surface area contributed by atoms with Crippen molar-refractivity contribution in [3.63, 3.8) is 0 Å². The molecule has 0 heterocycles. The monoisotopic (exact) mass is 299 g/mol. The third-order valence-electron chi connectivity index (χ3n) is 3.23. The predicted octanol–water partition coefficient (Wildman–Crippen LogP) is 2.00. The van der Waals surface area contributed by atoms with E-state index in [0.29, 0.717) is 25.2 Å². The fraction of sp³-hybridized carbons (Fsp3) is 0.235.